The second-order valence-electron chi connectivity index (χ2n) is 3.95. The number of ether oxygens (including phenoxy) is 1. The van der Waals surface area contributed by atoms with Crippen molar-refractivity contribution in [2.75, 3.05) is 24.3 Å². The minimum atomic E-state index is -1.03. The predicted octanol–water partition coefficient (Wildman–Crippen LogP) is 1.81. The zero-order valence-corrected chi connectivity index (χ0v) is 11.1. The second-order valence-corrected chi connectivity index (χ2v) is 3.95. The summed E-state index contributed by atoms with van der Waals surface area (Å²) in [4.78, 5) is 19.5. The third kappa shape index (κ3) is 4.10. The van der Waals surface area contributed by atoms with Crippen LogP contribution in [0, 0.1) is 11.6 Å². The molecule has 8 heteroatoms. The van der Waals surface area contributed by atoms with Crippen LogP contribution in [0.5, 0.6) is 5.88 Å². The lowest BCUT2D eigenvalue weighted by molar-refractivity contribution is -0.114. The summed E-state index contributed by atoms with van der Waals surface area (Å²) in [5, 5.41) is 5.10. The van der Waals surface area contributed by atoms with Gasteiger partial charge in [-0.15, -0.1) is 0 Å². The van der Waals surface area contributed by atoms with Crippen LogP contribution in [0.4, 0.5) is 20.4 Å². The van der Waals surface area contributed by atoms with Gasteiger partial charge in [-0.2, -0.15) is 4.98 Å². The van der Waals surface area contributed by atoms with Crippen LogP contribution in [0.2, 0.25) is 0 Å². The van der Waals surface area contributed by atoms with Crippen molar-refractivity contribution in [3.05, 3.63) is 42.1 Å². The molecule has 0 unspecified atom stereocenters. The number of hydrogen-bond acceptors (Lipinski definition) is 5. The minimum absolute atomic E-state index is 0.133. The maximum Gasteiger partial charge on any atom is 0.243 e. The molecule has 2 rings (SSSR count). The largest absolute Gasteiger partial charge is 0.481 e. The summed E-state index contributed by atoms with van der Waals surface area (Å²) < 4.78 is 30.6. The normalized spacial score (nSPS) is 10.0. The molecule has 1 amide bonds. The lowest BCUT2D eigenvalue weighted by Gasteiger charge is -2.07. The number of carbonyl (C=O) groups excluding carboxylic acids is 1. The lowest BCUT2D eigenvalue weighted by atomic mass is 10.3. The summed E-state index contributed by atoms with van der Waals surface area (Å²) in [6, 6.07) is 4.66. The molecule has 1 aromatic heterocycles. The summed E-state index contributed by atoms with van der Waals surface area (Å²) in [5.74, 6) is -1.89. The quantitative estimate of drug-likeness (QED) is 0.879. The molecule has 0 aliphatic carbocycles. The molecule has 0 radical (unpaired) electrons. The fourth-order valence-electron chi connectivity index (χ4n) is 1.48. The van der Waals surface area contributed by atoms with Crippen LogP contribution in [-0.4, -0.2) is 29.5 Å². The monoisotopic (exact) mass is 294 g/mol. The van der Waals surface area contributed by atoms with E-state index in [1.54, 1.807) is 6.07 Å². The Bertz CT molecular complexity index is 652. The first-order valence-corrected chi connectivity index (χ1v) is 5.94. The van der Waals surface area contributed by atoms with Crippen molar-refractivity contribution >= 4 is 17.5 Å². The Morgan fingerprint density at radius 2 is 2.10 bits per heavy atom. The van der Waals surface area contributed by atoms with Gasteiger partial charge < -0.3 is 15.4 Å². The molecule has 0 aliphatic heterocycles. The van der Waals surface area contributed by atoms with Gasteiger partial charge in [0.2, 0.25) is 17.7 Å². The first-order valence-electron chi connectivity index (χ1n) is 5.94. The minimum Gasteiger partial charge on any atom is -0.481 e. The van der Waals surface area contributed by atoms with E-state index >= 15 is 0 Å². The summed E-state index contributed by atoms with van der Waals surface area (Å²) >= 11 is 0. The molecule has 0 saturated heterocycles. The second kappa shape index (κ2) is 6.60. The Labute approximate surface area is 119 Å². The topological polar surface area (TPSA) is 76.1 Å². The van der Waals surface area contributed by atoms with E-state index in [2.05, 4.69) is 20.6 Å². The highest BCUT2D eigenvalue weighted by Crippen LogP contribution is 2.13. The Balaban J connectivity index is 1.91. The van der Waals surface area contributed by atoms with Crippen LogP contribution >= 0.6 is 0 Å². The number of rotatable bonds is 5. The van der Waals surface area contributed by atoms with Crippen molar-refractivity contribution in [2.24, 2.45) is 0 Å². The van der Waals surface area contributed by atoms with Crippen molar-refractivity contribution < 1.29 is 18.3 Å². The van der Waals surface area contributed by atoms with Crippen molar-refractivity contribution in [1.29, 1.82) is 0 Å². The highest BCUT2D eigenvalue weighted by molar-refractivity contribution is 5.93. The fourth-order valence-corrected chi connectivity index (χ4v) is 1.48. The highest BCUT2D eigenvalue weighted by atomic mass is 19.2. The number of nitrogens with one attached hydrogen (secondary N) is 2. The van der Waals surface area contributed by atoms with Gasteiger partial charge in [-0.3, -0.25) is 4.79 Å². The van der Waals surface area contributed by atoms with Crippen molar-refractivity contribution in [2.45, 2.75) is 0 Å². The zero-order chi connectivity index (χ0) is 15.2. The van der Waals surface area contributed by atoms with E-state index in [0.29, 0.717) is 5.88 Å². The molecule has 1 aromatic carbocycles. The number of halogens is 2. The Kier molecular flexibility index (Phi) is 4.60. The number of anilines is 2. The molecule has 0 bridgehead atoms. The van der Waals surface area contributed by atoms with Gasteiger partial charge in [0.15, 0.2) is 11.6 Å². The lowest BCUT2D eigenvalue weighted by Crippen LogP contribution is -2.22. The van der Waals surface area contributed by atoms with Crippen LogP contribution in [0.1, 0.15) is 0 Å². The maximum atomic E-state index is 13.0. The zero-order valence-electron chi connectivity index (χ0n) is 11.1. The van der Waals surface area contributed by atoms with E-state index < -0.39 is 17.5 Å². The first-order chi connectivity index (χ1) is 10.1. The Morgan fingerprint density at radius 3 is 2.81 bits per heavy atom. The third-order valence-corrected chi connectivity index (χ3v) is 2.45. The fraction of sp³-hybridized carbons (Fsp3) is 0.154. The van der Waals surface area contributed by atoms with Gasteiger partial charge in [0.1, 0.15) is 0 Å². The summed E-state index contributed by atoms with van der Waals surface area (Å²) in [7, 11) is 1.46. The molecular formula is C13H12F2N4O2. The molecular weight excluding hydrogens is 282 g/mol. The standard InChI is InChI=1S/C13H12F2N4O2/c1-21-12-4-5-16-13(19-12)17-7-11(20)18-8-2-3-9(14)10(15)6-8/h2-6H,7H2,1H3,(H,18,20)(H,16,17,19). The Morgan fingerprint density at radius 1 is 1.29 bits per heavy atom. The van der Waals surface area contributed by atoms with Crippen LogP contribution in [0.25, 0.3) is 0 Å². The summed E-state index contributed by atoms with van der Waals surface area (Å²) in [5.41, 5.74) is 0.160. The number of amides is 1. The molecule has 0 spiro atoms. The summed E-state index contributed by atoms with van der Waals surface area (Å²) in [6.45, 7) is -0.133. The molecule has 0 saturated carbocycles. The smallest absolute Gasteiger partial charge is 0.243 e. The van der Waals surface area contributed by atoms with Crippen LogP contribution < -0.4 is 15.4 Å². The van der Waals surface area contributed by atoms with Crippen LogP contribution in [0.15, 0.2) is 30.5 Å². The van der Waals surface area contributed by atoms with Crippen molar-refractivity contribution in [1.82, 2.24) is 9.97 Å². The molecule has 21 heavy (non-hydrogen) atoms. The van der Waals surface area contributed by atoms with Gasteiger partial charge in [0.25, 0.3) is 0 Å². The van der Waals surface area contributed by atoms with Gasteiger partial charge >= 0.3 is 0 Å². The van der Waals surface area contributed by atoms with Gasteiger partial charge in [-0.05, 0) is 12.1 Å². The third-order valence-electron chi connectivity index (χ3n) is 2.45. The maximum absolute atomic E-state index is 13.0. The van der Waals surface area contributed by atoms with Gasteiger partial charge in [-0.25, -0.2) is 13.8 Å². The molecule has 2 N–H and O–H groups in total. The van der Waals surface area contributed by atoms with Crippen LogP contribution in [0.3, 0.4) is 0 Å². The SMILES string of the molecule is COc1ccnc(NCC(=O)Nc2ccc(F)c(F)c2)n1. The highest BCUT2D eigenvalue weighted by Gasteiger charge is 2.07. The number of nitrogens with zero attached hydrogens (tertiary/aromatic N) is 2. The predicted molar refractivity (Wildman–Crippen MR) is 72.1 cm³/mol. The van der Waals surface area contributed by atoms with E-state index in [0.717, 1.165) is 12.1 Å². The molecule has 0 fully saturated rings. The molecule has 0 atom stereocenters. The average molecular weight is 294 g/mol. The molecule has 1 heterocycles. The average Bonchev–Trinajstić information content (AvgIpc) is 2.49. The molecule has 2 aromatic rings. The summed E-state index contributed by atoms with van der Waals surface area (Å²) in [6.07, 6.45) is 1.47. The molecule has 110 valence electrons. The van der Waals surface area contributed by atoms with E-state index in [4.69, 9.17) is 4.74 Å². The van der Waals surface area contributed by atoms with E-state index in [9.17, 15) is 13.6 Å². The molecule has 0 aliphatic rings. The Hall–Kier alpha value is -2.77. The van der Waals surface area contributed by atoms with E-state index in [-0.39, 0.29) is 18.2 Å². The van der Waals surface area contributed by atoms with Crippen molar-refractivity contribution in [3.8, 4) is 5.88 Å². The molecule has 6 nitrogen and oxygen atoms in total. The van der Waals surface area contributed by atoms with E-state index in [1.165, 1.54) is 19.4 Å². The number of methoxy groups -OCH3 is 1. The van der Waals surface area contributed by atoms with Gasteiger partial charge in [0, 0.05) is 24.0 Å². The van der Waals surface area contributed by atoms with Gasteiger partial charge in [-0.1, -0.05) is 0 Å². The first kappa shape index (κ1) is 14.6. The van der Waals surface area contributed by atoms with Gasteiger partial charge in [0.05, 0.1) is 13.7 Å². The van der Waals surface area contributed by atoms with Crippen LogP contribution in [-0.2, 0) is 4.79 Å². The van der Waals surface area contributed by atoms with Crippen molar-refractivity contribution in [3.63, 3.8) is 0 Å². The number of carbonyl (C=O) groups is 1. The number of aromatic nitrogens is 2. The number of benzene rings is 1. The number of hydrogen-bond donors (Lipinski definition) is 2. The van der Waals surface area contributed by atoms with E-state index in [1.807, 2.05) is 0 Å².